The largest absolute Gasteiger partial charge is 0.495 e. The van der Waals surface area contributed by atoms with Crippen LogP contribution in [0.5, 0.6) is 17.2 Å². The van der Waals surface area contributed by atoms with Gasteiger partial charge in [-0.15, -0.1) is 11.8 Å². The molecule has 70 valence electrons. The molecule has 0 bridgehead atoms. The fourth-order valence-corrected chi connectivity index (χ4v) is 1.98. The van der Waals surface area contributed by atoms with Gasteiger partial charge in [0, 0.05) is 0 Å². The van der Waals surface area contributed by atoms with E-state index < -0.39 is 0 Å². The van der Waals surface area contributed by atoms with Crippen molar-refractivity contribution in [2.45, 2.75) is 4.90 Å². The average molecular weight is 198 g/mol. The molecule has 0 spiro atoms. The molecular formula is C9H10O3S. The minimum atomic E-state index is 0.302. The number of thioether (sulfide) groups is 1. The zero-order valence-electron chi connectivity index (χ0n) is 7.49. The first-order valence-electron chi connectivity index (χ1n) is 3.87. The predicted molar refractivity (Wildman–Crippen MR) is 50.9 cm³/mol. The molecule has 0 radical (unpaired) electrons. The summed E-state index contributed by atoms with van der Waals surface area (Å²) >= 11 is 1.60. The van der Waals surface area contributed by atoms with E-state index in [0.717, 1.165) is 22.1 Å². The van der Waals surface area contributed by atoms with Gasteiger partial charge in [0.05, 0.1) is 12.0 Å². The molecule has 3 nitrogen and oxygen atoms in total. The van der Waals surface area contributed by atoms with Crippen LogP contribution in [0.4, 0.5) is 0 Å². The molecule has 0 fully saturated rings. The third-order valence-electron chi connectivity index (χ3n) is 1.88. The van der Waals surface area contributed by atoms with Crippen LogP contribution in [0.25, 0.3) is 0 Å². The summed E-state index contributed by atoms with van der Waals surface area (Å²) in [6.45, 7) is 0.302. The highest BCUT2D eigenvalue weighted by Crippen LogP contribution is 2.45. The van der Waals surface area contributed by atoms with E-state index in [1.54, 1.807) is 18.9 Å². The van der Waals surface area contributed by atoms with E-state index in [1.165, 1.54) is 0 Å². The van der Waals surface area contributed by atoms with Crippen molar-refractivity contribution in [2.24, 2.45) is 0 Å². The van der Waals surface area contributed by atoms with Crippen LogP contribution < -0.4 is 14.2 Å². The molecule has 1 aromatic rings. The van der Waals surface area contributed by atoms with Crippen molar-refractivity contribution in [3.63, 3.8) is 0 Å². The van der Waals surface area contributed by atoms with Gasteiger partial charge >= 0.3 is 0 Å². The van der Waals surface area contributed by atoms with Gasteiger partial charge in [-0.1, -0.05) is 0 Å². The summed E-state index contributed by atoms with van der Waals surface area (Å²) in [6.07, 6.45) is 1.99. The first-order chi connectivity index (χ1) is 6.36. The Labute approximate surface area is 81.0 Å². The first-order valence-corrected chi connectivity index (χ1v) is 5.10. The molecule has 0 aliphatic carbocycles. The van der Waals surface area contributed by atoms with Crippen molar-refractivity contribution >= 4 is 11.8 Å². The van der Waals surface area contributed by atoms with Crippen LogP contribution in [0.3, 0.4) is 0 Å². The van der Waals surface area contributed by atoms with Gasteiger partial charge < -0.3 is 14.2 Å². The molecule has 0 saturated carbocycles. The Morgan fingerprint density at radius 2 is 2.23 bits per heavy atom. The smallest absolute Gasteiger partial charge is 0.231 e. The van der Waals surface area contributed by atoms with Gasteiger partial charge in [-0.2, -0.15) is 0 Å². The van der Waals surface area contributed by atoms with E-state index in [1.807, 2.05) is 18.4 Å². The number of ether oxygens (including phenoxy) is 3. The molecule has 0 atom stereocenters. The lowest BCUT2D eigenvalue weighted by molar-refractivity contribution is 0.172. The maximum absolute atomic E-state index is 5.34. The minimum absolute atomic E-state index is 0.302. The Bertz CT molecular complexity index is 325. The second-order valence-electron chi connectivity index (χ2n) is 2.53. The highest BCUT2D eigenvalue weighted by molar-refractivity contribution is 7.98. The Balaban J connectivity index is 2.53. The zero-order chi connectivity index (χ0) is 9.26. The fourth-order valence-electron chi connectivity index (χ4n) is 1.28. The molecule has 0 unspecified atom stereocenters. The molecule has 0 amide bonds. The van der Waals surface area contributed by atoms with Crippen molar-refractivity contribution in [3.8, 4) is 17.2 Å². The standard InChI is InChI=1S/C9H10O3S/c1-10-7-4-3-6-8(9(7)13-2)12-5-11-6/h3-4H,5H2,1-2H3. The van der Waals surface area contributed by atoms with Crippen molar-refractivity contribution in [2.75, 3.05) is 20.2 Å². The number of hydrogen-bond acceptors (Lipinski definition) is 4. The summed E-state index contributed by atoms with van der Waals surface area (Å²) in [5.74, 6) is 2.42. The summed E-state index contributed by atoms with van der Waals surface area (Å²) in [5, 5.41) is 0. The molecule has 0 N–H and O–H groups in total. The van der Waals surface area contributed by atoms with Crippen LogP contribution in [0.15, 0.2) is 17.0 Å². The normalized spacial score (nSPS) is 13.1. The summed E-state index contributed by atoms with van der Waals surface area (Å²) < 4.78 is 15.8. The monoisotopic (exact) mass is 198 g/mol. The van der Waals surface area contributed by atoms with E-state index >= 15 is 0 Å². The van der Waals surface area contributed by atoms with Gasteiger partial charge in [0.15, 0.2) is 11.5 Å². The first kappa shape index (κ1) is 8.56. The predicted octanol–water partition coefficient (Wildman–Crippen LogP) is 2.15. The van der Waals surface area contributed by atoms with Gasteiger partial charge in [-0.3, -0.25) is 0 Å². The maximum atomic E-state index is 5.34. The summed E-state index contributed by atoms with van der Waals surface area (Å²) in [6, 6.07) is 3.75. The molecule has 2 rings (SSSR count). The summed E-state index contributed by atoms with van der Waals surface area (Å²) in [4.78, 5) is 0.998. The summed E-state index contributed by atoms with van der Waals surface area (Å²) in [7, 11) is 1.65. The number of hydrogen-bond donors (Lipinski definition) is 0. The van der Waals surface area contributed by atoms with E-state index in [2.05, 4.69) is 0 Å². The number of rotatable bonds is 2. The van der Waals surface area contributed by atoms with Crippen LogP contribution in [-0.4, -0.2) is 20.2 Å². The molecule has 4 heteroatoms. The van der Waals surface area contributed by atoms with E-state index in [4.69, 9.17) is 14.2 Å². The van der Waals surface area contributed by atoms with Gasteiger partial charge in [0.1, 0.15) is 5.75 Å². The van der Waals surface area contributed by atoms with Gasteiger partial charge in [0.2, 0.25) is 6.79 Å². The number of methoxy groups -OCH3 is 1. The molecule has 0 aromatic heterocycles. The molecule has 13 heavy (non-hydrogen) atoms. The Hall–Kier alpha value is -1.03. The lowest BCUT2D eigenvalue weighted by Crippen LogP contribution is -1.93. The molecule has 1 aliphatic heterocycles. The Morgan fingerprint density at radius 1 is 1.38 bits per heavy atom. The van der Waals surface area contributed by atoms with Crippen LogP contribution in [-0.2, 0) is 0 Å². The van der Waals surface area contributed by atoms with Crippen LogP contribution >= 0.6 is 11.8 Å². The molecule has 1 aliphatic rings. The lowest BCUT2D eigenvalue weighted by atomic mass is 10.3. The lowest BCUT2D eigenvalue weighted by Gasteiger charge is -2.07. The molecule has 1 aromatic carbocycles. The van der Waals surface area contributed by atoms with E-state index in [0.29, 0.717) is 6.79 Å². The second kappa shape index (κ2) is 3.38. The van der Waals surface area contributed by atoms with E-state index in [9.17, 15) is 0 Å². The molecule has 0 saturated heterocycles. The zero-order valence-corrected chi connectivity index (χ0v) is 8.31. The van der Waals surface area contributed by atoms with Crippen molar-refractivity contribution in [1.82, 2.24) is 0 Å². The Kier molecular flexibility index (Phi) is 2.22. The summed E-state index contributed by atoms with van der Waals surface area (Å²) in [5.41, 5.74) is 0. The third-order valence-corrected chi connectivity index (χ3v) is 2.68. The second-order valence-corrected chi connectivity index (χ2v) is 3.35. The van der Waals surface area contributed by atoms with Crippen LogP contribution in [0.1, 0.15) is 0 Å². The minimum Gasteiger partial charge on any atom is -0.495 e. The fraction of sp³-hybridized carbons (Fsp3) is 0.333. The third kappa shape index (κ3) is 1.31. The number of fused-ring (bicyclic) bond motifs is 1. The van der Waals surface area contributed by atoms with Crippen LogP contribution in [0.2, 0.25) is 0 Å². The number of benzene rings is 1. The topological polar surface area (TPSA) is 27.7 Å². The molecular weight excluding hydrogens is 188 g/mol. The average Bonchev–Trinajstić information content (AvgIpc) is 2.63. The van der Waals surface area contributed by atoms with Crippen molar-refractivity contribution in [3.05, 3.63) is 12.1 Å². The maximum Gasteiger partial charge on any atom is 0.231 e. The van der Waals surface area contributed by atoms with Gasteiger partial charge in [0.25, 0.3) is 0 Å². The quantitative estimate of drug-likeness (QED) is 0.680. The SMILES string of the molecule is COc1ccc2c(c1SC)OCO2. The van der Waals surface area contributed by atoms with Crippen LogP contribution in [0, 0.1) is 0 Å². The highest BCUT2D eigenvalue weighted by atomic mass is 32.2. The van der Waals surface area contributed by atoms with E-state index in [-0.39, 0.29) is 0 Å². The van der Waals surface area contributed by atoms with Crippen molar-refractivity contribution in [1.29, 1.82) is 0 Å². The molecule has 1 heterocycles. The van der Waals surface area contributed by atoms with Crippen molar-refractivity contribution < 1.29 is 14.2 Å². The highest BCUT2D eigenvalue weighted by Gasteiger charge is 2.20. The van der Waals surface area contributed by atoms with Gasteiger partial charge in [-0.25, -0.2) is 0 Å². The van der Waals surface area contributed by atoms with Gasteiger partial charge in [-0.05, 0) is 18.4 Å². The Morgan fingerprint density at radius 3 is 2.92 bits per heavy atom.